The van der Waals surface area contributed by atoms with Crippen LogP contribution in [0.4, 0.5) is 0 Å². The largest absolute Gasteiger partial charge is 0.497 e. The topological polar surface area (TPSA) is 18.5 Å². The van der Waals surface area contributed by atoms with E-state index in [9.17, 15) is 0 Å². The van der Waals surface area contributed by atoms with Crippen molar-refractivity contribution in [3.63, 3.8) is 0 Å². The third kappa shape index (κ3) is 3.35. The van der Waals surface area contributed by atoms with Gasteiger partial charge in [-0.05, 0) is 54.8 Å². The van der Waals surface area contributed by atoms with Gasteiger partial charge in [-0.25, -0.2) is 0 Å². The summed E-state index contributed by atoms with van der Waals surface area (Å²) in [5.74, 6) is 1.63. The van der Waals surface area contributed by atoms with Crippen molar-refractivity contribution >= 4 is 27.5 Å². The minimum Gasteiger partial charge on any atom is -0.497 e. The fraction of sp³-hybridized carbons (Fsp3) is 0.294. The van der Waals surface area contributed by atoms with Gasteiger partial charge >= 0.3 is 0 Å². The van der Waals surface area contributed by atoms with Gasteiger partial charge in [0.2, 0.25) is 0 Å². The molecule has 0 saturated heterocycles. The van der Waals surface area contributed by atoms with Gasteiger partial charge in [0.15, 0.2) is 0 Å². The third-order valence-electron chi connectivity index (χ3n) is 3.53. The van der Waals surface area contributed by atoms with Gasteiger partial charge in [0, 0.05) is 10.6 Å². The van der Waals surface area contributed by atoms with Crippen LogP contribution < -0.4 is 9.47 Å². The van der Waals surface area contributed by atoms with Gasteiger partial charge in [-0.3, -0.25) is 0 Å². The van der Waals surface area contributed by atoms with E-state index in [4.69, 9.17) is 21.1 Å². The van der Waals surface area contributed by atoms with Gasteiger partial charge in [0.25, 0.3) is 0 Å². The predicted octanol–water partition coefficient (Wildman–Crippen LogP) is 5.46. The number of benzene rings is 2. The van der Waals surface area contributed by atoms with E-state index in [1.54, 1.807) is 14.2 Å². The zero-order chi connectivity index (χ0) is 15.6. The summed E-state index contributed by atoms with van der Waals surface area (Å²) in [6.45, 7) is 4.06. The Kier molecular flexibility index (Phi) is 5.17. The quantitative estimate of drug-likeness (QED) is 0.666. The second kappa shape index (κ2) is 6.71. The van der Waals surface area contributed by atoms with E-state index >= 15 is 0 Å². The Morgan fingerprint density at radius 3 is 2.29 bits per heavy atom. The van der Waals surface area contributed by atoms with Crippen LogP contribution in [0.2, 0.25) is 5.02 Å². The number of alkyl halides is 1. The van der Waals surface area contributed by atoms with Crippen LogP contribution in [0.15, 0.2) is 30.3 Å². The Balaban J connectivity index is 2.53. The molecule has 1 unspecified atom stereocenters. The number of aryl methyl sites for hydroxylation is 2. The maximum absolute atomic E-state index is 6.18. The SMILES string of the molecule is COc1ccc(OC)c(C(Br)c2cc(C)c(Cl)cc2C)c1. The smallest absolute Gasteiger partial charge is 0.123 e. The summed E-state index contributed by atoms with van der Waals surface area (Å²) in [6.07, 6.45) is 0. The summed E-state index contributed by atoms with van der Waals surface area (Å²) in [6, 6.07) is 9.90. The molecule has 2 nitrogen and oxygen atoms in total. The molecule has 2 aromatic carbocycles. The average Bonchev–Trinajstić information content (AvgIpc) is 2.49. The highest BCUT2D eigenvalue weighted by atomic mass is 79.9. The molecular weight excluding hydrogens is 352 g/mol. The van der Waals surface area contributed by atoms with E-state index < -0.39 is 0 Å². The zero-order valence-corrected chi connectivity index (χ0v) is 14.9. The minimum absolute atomic E-state index is 0.0125. The normalized spacial score (nSPS) is 12.1. The van der Waals surface area contributed by atoms with E-state index in [0.717, 1.165) is 33.2 Å². The number of hydrogen-bond acceptors (Lipinski definition) is 2. The first-order chi connectivity index (χ1) is 9.97. The first kappa shape index (κ1) is 16.2. The molecule has 0 amide bonds. The van der Waals surface area contributed by atoms with Crippen LogP contribution >= 0.6 is 27.5 Å². The van der Waals surface area contributed by atoms with Crippen LogP contribution in [0.3, 0.4) is 0 Å². The molecule has 0 saturated carbocycles. The van der Waals surface area contributed by atoms with Gasteiger partial charge in [-0.2, -0.15) is 0 Å². The van der Waals surface area contributed by atoms with E-state index in [1.165, 1.54) is 5.56 Å². The Hall–Kier alpha value is -1.19. The standard InChI is InChI=1S/C17H18BrClO2/c1-10-8-15(19)11(2)7-13(10)17(18)14-9-12(20-3)5-6-16(14)21-4/h5-9,17H,1-4H3. The Morgan fingerprint density at radius 1 is 0.952 bits per heavy atom. The average molecular weight is 370 g/mol. The van der Waals surface area contributed by atoms with Gasteiger partial charge in [0.05, 0.1) is 19.0 Å². The maximum atomic E-state index is 6.18. The monoisotopic (exact) mass is 368 g/mol. The lowest BCUT2D eigenvalue weighted by atomic mass is 9.97. The van der Waals surface area contributed by atoms with Crippen molar-refractivity contribution in [2.45, 2.75) is 18.7 Å². The van der Waals surface area contributed by atoms with Gasteiger partial charge in [-0.1, -0.05) is 33.6 Å². The molecule has 0 spiro atoms. The highest BCUT2D eigenvalue weighted by molar-refractivity contribution is 9.09. The Bertz CT molecular complexity index is 655. The second-order valence-electron chi connectivity index (χ2n) is 4.93. The van der Waals surface area contributed by atoms with Crippen molar-refractivity contribution in [1.82, 2.24) is 0 Å². The van der Waals surface area contributed by atoms with Crippen molar-refractivity contribution in [2.75, 3.05) is 14.2 Å². The molecule has 21 heavy (non-hydrogen) atoms. The molecule has 0 radical (unpaired) electrons. The molecule has 0 aliphatic heterocycles. The number of rotatable bonds is 4. The fourth-order valence-corrected chi connectivity index (χ4v) is 3.35. The highest BCUT2D eigenvalue weighted by Gasteiger charge is 2.19. The van der Waals surface area contributed by atoms with Crippen molar-refractivity contribution in [2.24, 2.45) is 0 Å². The van der Waals surface area contributed by atoms with Crippen molar-refractivity contribution in [1.29, 1.82) is 0 Å². The molecule has 0 aliphatic carbocycles. The summed E-state index contributed by atoms with van der Waals surface area (Å²) in [5.41, 5.74) is 4.39. The van der Waals surface area contributed by atoms with Gasteiger partial charge in [0.1, 0.15) is 11.5 Å². The molecule has 0 heterocycles. The number of methoxy groups -OCH3 is 2. The molecule has 4 heteroatoms. The van der Waals surface area contributed by atoms with Crippen molar-refractivity contribution in [3.8, 4) is 11.5 Å². The first-order valence-corrected chi connectivity index (χ1v) is 7.90. The summed E-state index contributed by atoms with van der Waals surface area (Å²) in [4.78, 5) is 0.0125. The summed E-state index contributed by atoms with van der Waals surface area (Å²) >= 11 is 9.96. The molecule has 1 atom stereocenters. The molecule has 2 aromatic rings. The highest BCUT2D eigenvalue weighted by Crippen LogP contribution is 2.40. The number of ether oxygens (including phenoxy) is 2. The lowest BCUT2D eigenvalue weighted by Crippen LogP contribution is -2.01. The summed E-state index contributed by atoms with van der Waals surface area (Å²) in [5, 5.41) is 0.786. The van der Waals surface area contributed by atoms with Crippen molar-refractivity contribution < 1.29 is 9.47 Å². The minimum atomic E-state index is 0.0125. The molecule has 2 rings (SSSR count). The first-order valence-electron chi connectivity index (χ1n) is 6.60. The third-order valence-corrected chi connectivity index (χ3v) is 4.92. The maximum Gasteiger partial charge on any atom is 0.123 e. The summed E-state index contributed by atoms with van der Waals surface area (Å²) in [7, 11) is 3.33. The number of hydrogen-bond donors (Lipinski definition) is 0. The molecule has 0 fully saturated rings. The predicted molar refractivity (Wildman–Crippen MR) is 91.2 cm³/mol. The van der Waals surface area contributed by atoms with Crippen molar-refractivity contribution in [3.05, 3.63) is 57.6 Å². The molecule has 0 bridgehead atoms. The molecular formula is C17H18BrClO2. The van der Waals surface area contributed by atoms with E-state index in [1.807, 2.05) is 31.2 Å². The van der Waals surface area contributed by atoms with Crippen LogP contribution in [-0.2, 0) is 0 Å². The van der Waals surface area contributed by atoms with Gasteiger partial charge < -0.3 is 9.47 Å². The van der Waals surface area contributed by atoms with Crippen LogP contribution in [0.25, 0.3) is 0 Å². The molecule has 0 N–H and O–H groups in total. The molecule has 0 aliphatic rings. The van der Waals surface area contributed by atoms with E-state index in [0.29, 0.717) is 0 Å². The molecule has 112 valence electrons. The van der Waals surface area contributed by atoms with Crippen LogP contribution in [0, 0.1) is 13.8 Å². The van der Waals surface area contributed by atoms with Crippen LogP contribution in [0.5, 0.6) is 11.5 Å². The summed E-state index contributed by atoms with van der Waals surface area (Å²) < 4.78 is 10.8. The lowest BCUT2D eigenvalue weighted by molar-refractivity contribution is 0.399. The zero-order valence-electron chi connectivity index (χ0n) is 12.5. The van der Waals surface area contributed by atoms with Crippen LogP contribution in [0.1, 0.15) is 27.1 Å². The number of halogens is 2. The van der Waals surface area contributed by atoms with Gasteiger partial charge in [-0.15, -0.1) is 0 Å². The lowest BCUT2D eigenvalue weighted by Gasteiger charge is -2.18. The van der Waals surface area contributed by atoms with E-state index in [2.05, 4.69) is 28.9 Å². The fourth-order valence-electron chi connectivity index (χ4n) is 2.28. The second-order valence-corrected chi connectivity index (χ2v) is 6.25. The Labute approximate surface area is 139 Å². The Morgan fingerprint density at radius 2 is 1.67 bits per heavy atom. The van der Waals surface area contributed by atoms with Crippen LogP contribution in [-0.4, -0.2) is 14.2 Å². The van der Waals surface area contributed by atoms with E-state index in [-0.39, 0.29) is 4.83 Å². The molecule has 0 aromatic heterocycles.